The minimum absolute atomic E-state index is 0.0505. The molecule has 266 valence electrons. The zero-order valence-electron chi connectivity index (χ0n) is 29.3. The summed E-state index contributed by atoms with van der Waals surface area (Å²) >= 11 is 0. The quantitative estimate of drug-likeness (QED) is 0.145. The third kappa shape index (κ3) is 10.5. The number of fused-ring (bicyclic) bond motifs is 3. The molecule has 2 aromatic carbocycles. The molecule has 0 heterocycles. The second kappa shape index (κ2) is 18.7. The first-order chi connectivity index (χ1) is 22.5. The van der Waals surface area contributed by atoms with Crippen molar-refractivity contribution < 1.29 is 35.8 Å². The van der Waals surface area contributed by atoms with Gasteiger partial charge in [0.25, 0.3) is 0 Å². The van der Waals surface area contributed by atoms with Gasteiger partial charge in [-0.15, -0.1) is 0 Å². The SMILES string of the molecule is COCCN(CCOC)S(=O)(=O)CCCCC1(CCCCS(=O)(=O)N(CCOC)CCOC)c2cc(C)ccc2-c2ccc(C)cc21. The highest BCUT2D eigenvalue weighted by molar-refractivity contribution is 7.89. The number of hydrogen-bond donors (Lipinski definition) is 0. The van der Waals surface area contributed by atoms with Gasteiger partial charge in [0.2, 0.25) is 20.0 Å². The third-order valence-electron chi connectivity index (χ3n) is 9.15. The van der Waals surface area contributed by atoms with E-state index in [0.717, 1.165) is 12.8 Å². The Kier molecular flexibility index (Phi) is 15.8. The molecule has 0 aliphatic heterocycles. The fourth-order valence-corrected chi connectivity index (χ4v) is 9.68. The number of methoxy groups -OCH3 is 4. The smallest absolute Gasteiger partial charge is 0.214 e. The average molecular weight is 697 g/mol. The molecule has 3 rings (SSSR count). The normalized spacial score (nSPS) is 14.2. The van der Waals surface area contributed by atoms with Gasteiger partial charge in [0, 0.05) is 60.0 Å². The van der Waals surface area contributed by atoms with Crippen LogP contribution in [0.15, 0.2) is 36.4 Å². The summed E-state index contributed by atoms with van der Waals surface area (Å²) in [6.07, 6.45) is 4.00. The second-order valence-corrected chi connectivity index (χ2v) is 16.7. The fraction of sp³-hybridized carbons (Fsp3) is 0.657. The molecular weight excluding hydrogens is 641 g/mol. The van der Waals surface area contributed by atoms with Crippen LogP contribution in [0.2, 0.25) is 0 Å². The second-order valence-electron chi connectivity index (χ2n) is 12.5. The Bertz CT molecular complexity index is 1350. The molecule has 0 bridgehead atoms. The Morgan fingerprint density at radius 3 is 1.21 bits per heavy atom. The highest BCUT2D eigenvalue weighted by Crippen LogP contribution is 2.54. The molecule has 0 radical (unpaired) electrons. The lowest BCUT2D eigenvalue weighted by molar-refractivity contribution is 0.150. The van der Waals surface area contributed by atoms with Gasteiger partial charge in [0.05, 0.1) is 37.9 Å². The number of benzene rings is 2. The molecular formula is C35H56N2O8S2. The minimum Gasteiger partial charge on any atom is -0.383 e. The highest BCUT2D eigenvalue weighted by atomic mass is 32.2. The van der Waals surface area contributed by atoms with Gasteiger partial charge >= 0.3 is 0 Å². The molecule has 47 heavy (non-hydrogen) atoms. The molecule has 0 unspecified atom stereocenters. The zero-order chi connectivity index (χ0) is 34.5. The lowest BCUT2D eigenvalue weighted by Crippen LogP contribution is -2.38. The van der Waals surface area contributed by atoms with Crippen LogP contribution in [0, 0.1) is 13.8 Å². The van der Waals surface area contributed by atoms with E-state index in [9.17, 15) is 16.8 Å². The molecule has 0 amide bonds. The van der Waals surface area contributed by atoms with E-state index in [1.165, 1.54) is 42.0 Å². The highest BCUT2D eigenvalue weighted by Gasteiger charge is 2.42. The van der Waals surface area contributed by atoms with Crippen LogP contribution in [0.1, 0.15) is 60.8 Å². The van der Waals surface area contributed by atoms with Crippen LogP contribution in [-0.4, -0.2) is 118 Å². The number of rotatable bonds is 24. The molecule has 0 N–H and O–H groups in total. The molecule has 1 aliphatic rings. The van der Waals surface area contributed by atoms with Crippen LogP contribution in [-0.2, 0) is 44.4 Å². The molecule has 0 saturated heterocycles. The molecule has 0 atom stereocenters. The van der Waals surface area contributed by atoms with Gasteiger partial charge in [-0.3, -0.25) is 0 Å². The van der Waals surface area contributed by atoms with E-state index in [-0.39, 0.29) is 16.9 Å². The molecule has 10 nitrogen and oxygen atoms in total. The maximum absolute atomic E-state index is 13.3. The van der Waals surface area contributed by atoms with Crippen LogP contribution in [0.3, 0.4) is 0 Å². The van der Waals surface area contributed by atoms with Crippen LogP contribution < -0.4 is 0 Å². The summed E-state index contributed by atoms with van der Waals surface area (Å²) in [6, 6.07) is 13.2. The van der Waals surface area contributed by atoms with Crippen molar-refractivity contribution in [3.63, 3.8) is 0 Å². The maximum Gasteiger partial charge on any atom is 0.214 e. The van der Waals surface area contributed by atoms with Crippen molar-refractivity contribution in [1.29, 1.82) is 0 Å². The number of ether oxygens (including phenoxy) is 4. The summed E-state index contributed by atoms with van der Waals surface area (Å²) in [5.74, 6) is 0.101. The number of aryl methyl sites for hydroxylation is 2. The van der Waals surface area contributed by atoms with Gasteiger partial charge in [-0.25, -0.2) is 16.8 Å². The van der Waals surface area contributed by atoms with E-state index >= 15 is 0 Å². The van der Waals surface area contributed by atoms with Crippen LogP contribution in [0.4, 0.5) is 0 Å². The molecule has 0 fully saturated rings. The van der Waals surface area contributed by atoms with Crippen molar-refractivity contribution in [2.45, 2.75) is 57.8 Å². The van der Waals surface area contributed by atoms with Crippen molar-refractivity contribution in [2.24, 2.45) is 0 Å². The van der Waals surface area contributed by atoms with Gasteiger partial charge in [0.15, 0.2) is 0 Å². The molecule has 2 aromatic rings. The Balaban J connectivity index is 1.84. The average Bonchev–Trinajstić information content (AvgIpc) is 3.29. The fourth-order valence-electron chi connectivity index (χ4n) is 6.62. The Morgan fingerprint density at radius 2 is 0.894 bits per heavy atom. The van der Waals surface area contributed by atoms with E-state index in [4.69, 9.17) is 18.9 Å². The van der Waals surface area contributed by atoms with Crippen molar-refractivity contribution >= 4 is 20.0 Å². The van der Waals surface area contributed by atoms with Crippen molar-refractivity contribution in [2.75, 3.05) is 92.6 Å². The summed E-state index contributed by atoms with van der Waals surface area (Å²) in [4.78, 5) is 0. The predicted octanol–water partition coefficient (Wildman–Crippen LogP) is 4.76. The van der Waals surface area contributed by atoms with Gasteiger partial charge in [-0.1, -0.05) is 60.4 Å². The van der Waals surface area contributed by atoms with E-state index in [1.807, 2.05) is 0 Å². The molecule has 12 heteroatoms. The first-order valence-electron chi connectivity index (χ1n) is 16.6. The summed E-state index contributed by atoms with van der Waals surface area (Å²) in [5.41, 5.74) is 6.93. The zero-order valence-corrected chi connectivity index (χ0v) is 30.9. The molecule has 0 spiro atoms. The number of hydrogen-bond acceptors (Lipinski definition) is 8. The lowest BCUT2D eigenvalue weighted by Gasteiger charge is -2.33. The summed E-state index contributed by atoms with van der Waals surface area (Å²) in [5, 5.41) is 0. The van der Waals surface area contributed by atoms with E-state index in [0.29, 0.717) is 78.3 Å². The summed E-state index contributed by atoms with van der Waals surface area (Å²) in [7, 11) is -0.723. The number of sulfonamides is 2. The van der Waals surface area contributed by atoms with Crippen LogP contribution >= 0.6 is 0 Å². The molecule has 1 aliphatic carbocycles. The van der Waals surface area contributed by atoms with Crippen molar-refractivity contribution in [3.05, 3.63) is 58.7 Å². The Morgan fingerprint density at radius 1 is 0.553 bits per heavy atom. The summed E-state index contributed by atoms with van der Waals surface area (Å²) < 4.78 is 76.9. The standard InChI is InChI=1S/C35H56N2O8S2/c1-29-11-13-31-32-14-12-30(2)28-34(32)35(33(31)27-29,15-7-9-25-46(38,39)36(17-21-42-3)18-22-43-4)16-8-10-26-47(40,41)37(19-23-44-5)20-24-45-6/h11-14,27-28H,7-10,15-26H2,1-6H3. The van der Waals surface area contributed by atoms with Gasteiger partial charge in [-0.05, 0) is 61.8 Å². The Hall–Kier alpha value is -1.90. The first-order valence-corrected chi connectivity index (χ1v) is 19.8. The van der Waals surface area contributed by atoms with Gasteiger partial charge < -0.3 is 18.9 Å². The number of nitrogens with zero attached hydrogens (tertiary/aromatic N) is 2. The van der Waals surface area contributed by atoms with Crippen molar-refractivity contribution in [3.8, 4) is 11.1 Å². The monoisotopic (exact) mass is 696 g/mol. The van der Waals surface area contributed by atoms with Gasteiger partial charge in [0.1, 0.15) is 0 Å². The third-order valence-corrected chi connectivity index (χ3v) is 13.1. The maximum atomic E-state index is 13.3. The molecule has 0 saturated carbocycles. The first kappa shape index (κ1) is 39.5. The Labute approximate surface area is 283 Å². The number of unbranched alkanes of at least 4 members (excludes halogenated alkanes) is 2. The van der Waals surface area contributed by atoms with E-state index in [1.54, 1.807) is 28.4 Å². The summed E-state index contributed by atoms with van der Waals surface area (Å²) in [6.45, 7) is 6.67. The molecule has 0 aromatic heterocycles. The van der Waals surface area contributed by atoms with Crippen LogP contribution in [0.5, 0.6) is 0 Å². The van der Waals surface area contributed by atoms with E-state index in [2.05, 4.69) is 50.2 Å². The minimum atomic E-state index is -3.49. The van der Waals surface area contributed by atoms with Crippen LogP contribution in [0.25, 0.3) is 11.1 Å². The largest absolute Gasteiger partial charge is 0.383 e. The lowest BCUT2D eigenvalue weighted by atomic mass is 9.70. The van der Waals surface area contributed by atoms with Gasteiger partial charge in [-0.2, -0.15) is 8.61 Å². The topological polar surface area (TPSA) is 112 Å². The van der Waals surface area contributed by atoms with Crippen molar-refractivity contribution in [1.82, 2.24) is 8.61 Å². The predicted molar refractivity (Wildman–Crippen MR) is 188 cm³/mol. The van der Waals surface area contributed by atoms with E-state index < -0.39 is 20.0 Å².